The lowest BCUT2D eigenvalue weighted by atomic mass is 10.2. The third-order valence-corrected chi connectivity index (χ3v) is 3.30. The summed E-state index contributed by atoms with van der Waals surface area (Å²) in [6.45, 7) is 2.99. The summed E-state index contributed by atoms with van der Waals surface area (Å²) >= 11 is 0. The van der Waals surface area contributed by atoms with E-state index < -0.39 is 0 Å². The number of nitrogens with zero attached hydrogens (tertiary/aromatic N) is 1. The van der Waals surface area contributed by atoms with Crippen LogP contribution in [0.1, 0.15) is 18.4 Å². The summed E-state index contributed by atoms with van der Waals surface area (Å²) < 4.78 is 10.7. The number of fused-ring (bicyclic) bond motifs is 1. The summed E-state index contributed by atoms with van der Waals surface area (Å²) in [6, 6.07) is 6.92. The van der Waals surface area contributed by atoms with Crippen LogP contribution in [0.2, 0.25) is 0 Å². The van der Waals surface area contributed by atoms with E-state index >= 15 is 0 Å². The first-order valence-corrected chi connectivity index (χ1v) is 6.19. The van der Waals surface area contributed by atoms with Gasteiger partial charge >= 0.3 is 0 Å². The van der Waals surface area contributed by atoms with Gasteiger partial charge in [-0.3, -0.25) is 4.90 Å². The van der Waals surface area contributed by atoms with Gasteiger partial charge in [-0.1, -0.05) is 6.07 Å². The Bertz CT molecular complexity index is 404. The number of hydrogen-bond donors (Lipinski definition) is 1. The zero-order chi connectivity index (χ0) is 11.7. The molecule has 1 fully saturated rings. The quantitative estimate of drug-likeness (QED) is 0.835. The van der Waals surface area contributed by atoms with Gasteiger partial charge in [-0.15, -0.1) is 0 Å². The second-order valence-electron chi connectivity index (χ2n) is 4.68. The van der Waals surface area contributed by atoms with Crippen LogP contribution in [0, 0.1) is 0 Å². The van der Waals surface area contributed by atoms with Crippen LogP contribution in [0.3, 0.4) is 0 Å². The van der Waals surface area contributed by atoms with Gasteiger partial charge in [-0.05, 0) is 30.5 Å². The standard InChI is InChI=1S/C13H18N2O2/c14-5-6-15(11-2-3-11)8-10-1-4-12-13(7-10)17-9-16-12/h1,4,7,11H,2-3,5-6,8-9,14H2. The zero-order valence-corrected chi connectivity index (χ0v) is 9.89. The monoisotopic (exact) mass is 234 g/mol. The molecule has 0 aromatic heterocycles. The molecule has 1 aromatic rings. The molecule has 0 bridgehead atoms. The van der Waals surface area contributed by atoms with Crippen LogP contribution >= 0.6 is 0 Å². The lowest BCUT2D eigenvalue weighted by Gasteiger charge is -2.21. The topological polar surface area (TPSA) is 47.7 Å². The summed E-state index contributed by atoms with van der Waals surface area (Å²) in [5.41, 5.74) is 6.93. The highest BCUT2D eigenvalue weighted by molar-refractivity contribution is 5.44. The Morgan fingerprint density at radius 3 is 2.82 bits per heavy atom. The van der Waals surface area contributed by atoms with Crippen molar-refractivity contribution in [3.8, 4) is 11.5 Å². The molecule has 4 heteroatoms. The van der Waals surface area contributed by atoms with Gasteiger partial charge < -0.3 is 15.2 Å². The van der Waals surface area contributed by atoms with E-state index in [1.165, 1.54) is 18.4 Å². The lowest BCUT2D eigenvalue weighted by molar-refractivity contribution is 0.174. The maximum Gasteiger partial charge on any atom is 0.231 e. The Balaban J connectivity index is 1.70. The molecule has 92 valence electrons. The Morgan fingerprint density at radius 2 is 2.06 bits per heavy atom. The molecule has 1 aromatic carbocycles. The fourth-order valence-corrected chi connectivity index (χ4v) is 2.27. The van der Waals surface area contributed by atoms with Gasteiger partial charge in [0, 0.05) is 25.7 Å². The smallest absolute Gasteiger partial charge is 0.231 e. The molecule has 2 N–H and O–H groups in total. The maximum atomic E-state index is 5.65. The second kappa shape index (κ2) is 4.55. The van der Waals surface area contributed by atoms with Crippen molar-refractivity contribution in [2.24, 2.45) is 5.73 Å². The molecule has 1 heterocycles. The summed E-state index contributed by atoms with van der Waals surface area (Å²) in [7, 11) is 0. The molecular weight excluding hydrogens is 216 g/mol. The molecule has 0 amide bonds. The van der Waals surface area contributed by atoms with E-state index in [4.69, 9.17) is 15.2 Å². The highest BCUT2D eigenvalue weighted by Crippen LogP contribution is 2.34. The number of hydrogen-bond acceptors (Lipinski definition) is 4. The van der Waals surface area contributed by atoms with Crippen LogP contribution in [0.25, 0.3) is 0 Å². The van der Waals surface area contributed by atoms with E-state index in [1.54, 1.807) is 0 Å². The van der Waals surface area contributed by atoms with E-state index in [-0.39, 0.29) is 0 Å². The molecule has 0 saturated heterocycles. The average Bonchev–Trinajstić information content (AvgIpc) is 3.07. The first kappa shape index (κ1) is 10.9. The molecule has 1 aliphatic heterocycles. The van der Waals surface area contributed by atoms with Crippen molar-refractivity contribution < 1.29 is 9.47 Å². The van der Waals surface area contributed by atoms with Crippen molar-refractivity contribution in [1.82, 2.24) is 4.90 Å². The average molecular weight is 234 g/mol. The molecule has 17 heavy (non-hydrogen) atoms. The van der Waals surface area contributed by atoms with E-state index in [1.807, 2.05) is 6.07 Å². The molecular formula is C13H18N2O2. The van der Waals surface area contributed by atoms with E-state index in [2.05, 4.69) is 17.0 Å². The molecule has 0 radical (unpaired) electrons. The summed E-state index contributed by atoms with van der Waals surface area (Å²) in [4.78, 5) is 2.46. The van der Waals surface area contributed by atoms with Gasteiger partial charge in [0.2, 0.25) is 6.79 Å². The van der Waals surface area contributed by atoms with E-state index in [9.17, 15) is 0 Å². The third kappa shape index (κ3) is 2.37. The number of benzene rings is 1. The summed E-state index contributed by atoms with van der Waals surface area (Å²) in [6.07, 6.45) is 2.62. The van der Waals surface area contributed by atoms with Crippen molar-refractivity contribution in [3.63, 3.8) is 0 Å². The Labute approximate surface area is 101 Å². The van der Waals surface area contributed by atoms with Gasteiger partial charge in [0.1, 0.15) is 0 Å². The molecule has 2 aliphatic rings. The van der Waals surface area contributed by atoms with Crippen LogP contribution in [-0.4, -0.2) is 30.8 Å². The lowest BCUT2D eigenvalue weighted by Crippen LogP contribution is -2.30. The van der Waals surface area contributed by atoms with Crippen molar-refractivity contribution >= 4 is 0 Å². The van der Waals surface area contributed by atoms with Crippen LogP contribution in [0.5, 0.6) is 11.5 Å². The number of rotatable bonds is 5. The van der Waals surface area contributed by atoms with Gasteiger partial charge in [-0.2, -0.15) is 0 Å². The first-order valence-electron chi connectivity index (χ1n) is 6.19. The summed E-state index contributed by atoms with van der Waals surface area (Å²) in [5, 5.41) is 0. The Kier molecular flexibility index (Phi) is 2.91. The Hall–Kier alpha value is -1.26. The minimum atomic E-state index is 0.341. The predicted octanol–water partition coefficient (Wildman–Crippen LogP) is 1.34. The van der Waals surface area contributed by atoms with Crippen LogP contribution < -0.4 is 15.2 Å². The molecule has 1 aliphatic carbocycles. The van der Waals surface area contributed by atoms with Crippen LogP contribution in [0.4, 0.5) is 0 Å². The highest BCUT2D eigenvalue weighted by Gasteiger charge is 2.28. The normalized spacial score (nSPS) is 17.8. The zero-order valence-electron chi connectivity index (χ0n) is 9.89. The third-order valence-electron chi connectivity index (χ3n) is 3.30. The summed E-state index contributed by atoms with van der Waals surface area (Å²) in [5.74, 6) is 1.72. The maximum absolute atomic E-state index is 5.65. The number of ether oxygens (including phenoxy) is 2. The first-order chi connectivity index (χ1) is 8.36. The predicted molar refractivity (Wildman–Crippen MR) is 65.1 cm³/mol. The van der Waals surface area contributed by atoms with Crippen molar-refractivity contribution in [1.29, 1.82) is 0 Å². The van der Waals surface area contributed by atoms with Crippen LogP contribution in [-0.2, 0) is 6.54 Å². The molecule has 0 spiro atoms. The largest absolute Gasteiger partial charge is 0.454 e. The fraction of sp³-hybridized carbons (Fsp3) is 0.538. The van der Waals surface area contributed by atoms with E-state index in [0.29, 0.717) is 6.79 Å². The minimum absolute atomic E-state index is 0.341. The SMILES string of the molecule is NCCN(Cc1ccc2c(c1)OCO2)C1CC1. The molecule has 0 atom stereocenters. The molecule has 0 unspecified atom stereocenters. The van der Waals surface area contributed by atoms with Gasteiger partial charge in [0.05, 0.1) is 0 Å². The van der Waals surface area contributed by atoms with Gasteiger partial charge in [0.25, 0.3) is 0 Å². The van der Waals surface area contributed by atoms with Gasteiger partial charge in [-0.25, -0.2) is 0 Å². The molecule has 4 nitrogen and oxygen atoms in total. The molecule has 1 saturated carbocycles. The second-order valence-corrected chi connectivity index (χ2v) is 4.68. The Morgan fingerprint density at radius 1 is 1.24 bits per heavy atom. The minimum Gasteiger partial charge on any atom is -0.454 e. The fourth-order valence-electron chi connectivity index (χ4n) is 2.27. The number of nitrogens with two attached hydrogens (primary N) is 1. The van der Waals surface area contributed by atoms with Crippen molar-refractivity contribution in [2.75, 3.05) is 19.9 Å². The van der Waals surface area contributed by atoms with E-state index in [0.717, 1.165) is 37.2 Å². The molecule has 3 rings (SSSR count). The van der Waals surface area contributed by atoms with Crippen molar-refractivity contribution in [2.45, 2.75) is 25.4 Å². The van der Waals surface area contributed by atoms with Crippen molar-refractivity contribution in [3.05, 3.63) is 23.8 Å². The van der Waals surface area contributed by atoms with Crippen LogP contribution in [0.15, 0.2) is 18.2 Å². The van der Waals surface area contributed by atoms with Gasteiger partial charge in [0.15, 0.2) is 11.5 Å². The highest BCUT2D eigenvalue weighted by atomic mass is 16.7.